The minimum absolute atomic E-state index is 0.0724. The van der Waals surface area contributed by atoms with Gasteiger partial charge in [0, 0.05) is 5.92 Å². The van der Waals surface area contributed by atoms with Gasteiger partial charge in [0.25, 0.3) is 0 Å². The van der Waals surface area contributed by atoms with Gasteiger partial charge in [0.1, 0.15) is 18.7 Å². The molecule has 0 radical (unpaired) electrons. The summed E-state index contributed by atoms with van der Waals surface area (Å²) >= 11 is 1.52. The molecule has 180 valence electrons. The van der Waals surface area contributed by atoms with Crippen LogP contribution in [-0.2, 0) is 14.3 Å². The first kappa shape index (κ1) is 24.1. The molecule has 1 saturated carbocycles. The van der Waals surface area contributed by atoms with Gasteiger partial charge in [-0.15, -0.1) is 0 Å². The van der Waals surface area contributed by atoms with E-state index in [-0.39, 0.29) is 12.5 Å². The van der Waals surface area contributed by atoms with Crippen LogP contribution in [-0.4, -0.2) is 53.8 Å². The first-order valence-corrected chi connectivity index (χ1v) is 13.0. The van der Waals surface area contributed by atoms with Crippen molar-refractivity contribution < 1.29 is 24.2 Å². The number of amides is 2. The number of aliphatic carboxylic acids is 1. The van der Waals surface area contributed by atoms with Crippen molar-refractivity contribution in [2.24, 2.45) is 5.92 Å². The van der Waals surface area contributed by atoms with Crippen LogP contribution in [0.2, 0.25) is 0 Å². The Bertz CT molecular complexity index is 1010. The van der Waals surface area contributed by atoms with Gasteiger partial charge in [-0.1, -0.05) is 61.4 Å². The van der Waals surface area contributed by atoms with E-state index in [0.717, 1.165) is 35.1 Å². The third kappa shape index (κ3) is 5.73. The fourth-order valence-corrected chi connectivity index (χ4v) is 4.94. The van der Waals surface area contributed by atoms with Crippen molar-refractivity contribution in [1.29, 1.82) is 0 Å². The molecule has 4 rings (SSSR count). The average Bonchev–Trinajstić information content (AvgIpc) is 3.60. The van der Waals surface area contributed by atoms with Gasteiger partial charge in [0.2, 0.25) is 5.91 Å². The Labute approximate surface area is 203 Å². The van der Waals surface area contributed by atoms with Gasteiger partial charge >= 0.3 is 12.1 Å². The number of thioether (sulfide) groups is 1. The Morgan fingerprint density at radius 2 is 1.62 bits per heavy atom. The smallest absolute Gasteiger partial charge is 0.407 e. The lowest BCUT2D eigenvalue weighted by Crippen LogP contribution is -2.52. The number of nitrogens with one attached hydrogen (secondary N) is 2. The first-order valence-electron chi connectivity index (χ1n) is 11.6. The fraction of sp³-hybridized carbons (Fsp3) is 0.423. The molecular formula is C26H30N2O5S. The zero-order chi connectivity index (χ0) is 24.1. The Kier molecular flexibility index (Phi) is 7.77. The molecule has 7 nitrogen and oxygen atoms in total. The maximum atomic E-state index is 12.9. The summed E-state index contributed by atoms with van der Waals surface area (Å²) in [5.74, 6) is -0.650. The van der Waals surface area contributed by atoms with Crippen LogP contribution in [0.5, 0.6) is 0 Å². The third-order valence-electron chi connectivity index (χ3n) is 6.44. The van der Waals surface area contributed by atoms with E-state index in [2.05, 4.69) is 22.8 Å². The summed E-state index contributed by atoms with van der Waals surface area (Å²) in [6, 6.07) is 14.4. The predicted octanol–water partition coefficient (Wildman–Crippen LogP) is 4.02. The summed E-state index contributed by atoms with van der Waals surface area (Å²) in [5.41, 5.74) is 4.51. The highest BCUT2D eigenvalue weighted by Crippen LogP contribution is 2.44. The number of hydrogen-bond donors (Lipinski definition) is 3. The molecule has 2 aliphatic rings. The molecule has 2 atom stereocenters. The Morgan fingerprint density at radius 1 is 1.00 bits per heavy atom. The SMILES string of the molecule is CSCC[C@H](NC(=O)C(CC1CC1)NC(=O)OCC1c2ccccc2-c2ccccc21)C(=O)O. The number of carbonyl (C=O) groups excluding carboxylic acids is 2. The number of alkyl carbamates (subject to hydrolysis) is 1. The van der Waals surface area contributed by atoms with Gasteiger partial charge in [0.15, 0.2) is 0 Å². The quantitative estimate of drug-likeness (QED) is 0.447. The molecule has 34 heavy (non-hydrogen) atoms. The van der Waals surface area contributed by atoms with Crippen molar-refractivity contribution in [3.63, 3.8) is 0 Å². The van der Waals surface area contributed by atoms with E-state index in [9.17, 15) is 19.5 Å². The van der Waals surface area contributed by atoms with E-state index in [0.29, 0.717) is 24.5 Å². The van der Waals surface area contributed by atoms with Gasteiger partial charge in [-0.05, 0) is 53.0 Å². The topological polar surface area (TPSA) is 105 Å². The number of carboxylic acids is 1. The largest absolute Gasteiger partial charge is 0.480 e. The third-order valence-corrected chi connectivity index (χ3v) is 7.09. The van der Waals surface area contributed by atoms with E-state index in [1.165, 1.54) is 11.8 Å². The molecular weight excluding hydrogens is 452 g/mol. The van der Waals surface area contributed by atoms with E-state index < -0.39 is 30.1 Å². The van der Waals surface area contributed by atoms with Gasteiger partial charge in [-0.3, -0.25) is 4.79 Å². The Morgan fingerprint density at radius 3 is 2.18 bits per heavy atom. The van der Waals surface area contributed by atoms with Gasteiger partial charge in [-0.2, -0.15) is 11.8 Å². The number of hydrogen-bond acceptors (Lipinski definition) is 5. The van der Waals surface area contributed by atoms with Crippen LogP contribution in [0, 0.1) is 5.92 Å². The molecule has 0 saturated heterocycles. The molecule has 0 aliphatic heterocycles. The number of ether oxygens (including phenoxy) is 1. The standard InChI is InChI=1S/C26H30N2O5S/c1-34-13-12-22(25(30)31)27-24(29)23(14-16-10-11-16)28-26(32)33-15-21-19-8-4-2-6-17(19)18-7-3-5-9-20(18)21/h2-9,16,21-23H,10-15H2,1H3,(H,27,29)(H,28,32)(H,30,31)/t22-,23?/m0/s1. The molecule has 8 heteroatoms. The van der Waals surface area contributed by atoms with Crippen LogP contribution in [0.15, 0.2) is 48.5 Å². The van der Waals surface area contributed by atoms with Crippen LogP contribution < -0.4 is 10.6 Å². The fourth-order valence-electron chi connectivity index (χ4n) is 4.47. The molecule has 2 aromatic carbocycles. The number of benzene rings is 2. The summed E-state index contributed by atoms with van der Waals surface area (Å²) in [4.78, 5) is 37.1. The summed E-state index contributed by atoms with van der Waals surface area (Å²) in [6.07, 6.45) is 4.03. The predicted molar refractivity (Wildman–Crippen MR) is 132 cm³/mol. The van der Waals surface area contributed by atoms with Crippen molar-refractivity contribution >= 4 is 29.7 Å². The molecule has 2 aromatic rings. The molecule has 3 N–H and O–H groups in total. The number of carboxylic acid groups (broad SMARTS) is 1. The Hall–Kier alpha value is -3.00. The molecule has 0 spiro atoms. The lowest BCUT2D eigenvalue weighted by molar-refractivity contribution is -0.142. The van der Waals surface area contributed by atoms with E-state index in [1.54, 1.807) is 0 Å². The van der Waals surface area contributed by atoms with Crippen LogP contribution in [0.4, 0.5) is 4.79 Å². The second-order valence-electron chi connectivity index (χ2n) is 8.88. The minimum Gasteiger partial charge on any atom is -0.480 e. The maximum absolute atomic E-state index is 12.9. The van der Waals surface area contributed by atoms with Crippen LogP contribution >= 0.6 is 11.8 Å². The van der Waals surface area contributed by atoms with Gasteiger partial charge in [0.05, 0.1) is 0 Å². The lowest BCUT2D eigenvalue weighted by atomic mass is 9.98. The van der Waals surface area contributed by atoms with E-state index in [4.69, 9.17) is 4.74 Å². The molecule has 1 fully saturated rings. The van der Waals surface area contributed by atoms with Crippen molar-refractivity contribution in [2.45, 2.75) is 43.7 Å². The van der Waals surface area contributed by atoms with E-state index in [1.807, 2.05) is 42.7 Å². The molecule has 0 aromatic heterocycles. The molecule has 1 unspecified atom stereocenters. The molecule has 2 amide bonds. The first-order chi connectivity index (χ1) is 16.5. The van der Waals surface area contributed by atoms with Gasteiger partial charge < -0.3 is 20.5 Å². The monoisotopic (exact) mass is 482 g/mol. The van der Waals surface area contributed by atoms with Crippen molar-refractivity contribution in [3.8, 4) is 11.1 Å². The molecule has 2 aliphatic carbocycles. The lowest BCUT2D eigenvalue weighted by Gasteiger charge is -2.22. The second kappa shape index (κ2) is 11.0. The highest BCUT2D eigenvalue weighted by molar-refractivity contribution is 7.98. The van der Waals surface area contributed by atoms with Crippen molar-refractivity contribution in [1.82, 2.24) is 10.6 Å². The molecule has 0 bridgehead atoms. The highest BCUT2D eigenvalue weighted by Gasteiger charge is 2.34. The number of fused-ring (bicyclic) bond motifs is 3. The van der Waals surface area contributed by atoms with Crippen LogP contribution in [0.3, 0.4) is 0 Å². The number of rotatable bonds is 11. The highest BCUT2D eigenvalue weighted by atomic mass is 32.2. The summed E-state index contributed by atoms with van der Waals surface area (Å²) in [7, 11) is 0. The molecule has 0 heterocycles. The van der Waals surface area contributed by atoms with Crippen molar-refractivity contribution in [3.05, 3.63) is 59.7 Å². The zero-order valence-corrected chi connectivity index (χ0v) is 20.0. The van der Waals surface area contributed by atoms with Gasteiger partial charge in [-0.25, -0.2) is 9.59 Å². The second-order valence-corrected chi connectivity index (χ2v) is 9.87. The Balaban J connectivity index is 1.39. The summed E-state index contributed by atoms with van der Waals surface area (Å²) in [6.45, 7) is 0.156. The number of carbonyl (C=O) groups is 3. The summed E-state index contributed by atoms with van der Waals surface area (Å²) in [5, 5.41) is 14.7. The normalized spacial score (nSPS) is 16.1. The average molecular weight is 483 g/mol. The van der Waals surface area contributed by atoms with Crippen LogP contribution in [0.25, 0.3) is 11.1 Å². The zero-order valence-electron chi connectivity index (χ0n) is 19.2. The van der Waals surface area contributed by atoms with E-state index >= 15 is 0 Å². The summed E-state index contributed by atoms with van der Waals surface area (Å²) < 4.78 is 5.59. The maximum Gasteiger partial charge on any atom is 0.407 e. The minimum atomic E-state index is -1.08. The van der Waals surface area contributed by atoms with Crippen molar-refractivity contribution in [2.75, 3.05) is 18.6 Å². The van der Waals surface area contributed by atoms with Crippen LogP contribution in [0.1, 0.15) is 42.7 Å².